The normalized spacial score (nSPS) is 12.6. The Morgan fingerprint density at radius 3 is 2.27 bits per heavy atom. The lowest BCUT2D eigenvalue weighted by molar-refractivity contribution is 0.0494. The molecule has 0 amide bonds. The van der Waals surface area contributed by atoms with Crippen molar-refractivity contribution < 1.29 is 17.9 Å². The van der Waals surface area contributed by atoms with Crippen LogP contribution in [0.1, 0.15) is 15.9 Å². The maximum Gasteiger partial charge on any atom is 0.339 e. The number of rotatable bonds is 5. The van der Waals surface area contributed by atoms with Gasteiger partial charge in [0.1, 0.15) is 5.75 Å². The molecule has 0 radical (unpaired) electrons. The van der Waals surface area contributed by atoms with Crippen LogP contribution in [0.25, 0.3) is 0 Å². The number of alkyl halides is 1. The van der Waals surface area contributed by atoms with Gasteiger partial charge < -0.3 is 4.74 Å². The fourth-order valence-corrected chi connectivity index (χ4v) is 4.18. The Labute approximate surface area is 138 Å². The number of hydrogen-bond acceptors (Lipinski definition) is 4. The van der Waals surface area contributed by atoms with Gasteiger partial charge in [-0.15, -0.1) is 0 Å². The molecule has 0 heterocycles. The zero-order valence-electron chi connectivity index (χ0n) is 11.9. The summed E-state index contributed by atoms with van der Waals surface area (Å²) < 4.78 is 29.6. The summed E-state index contributed by atoms with van der Waals surface area (Å²) in [5, 5.41) is -0.911. The van der Waals surface area contributed by atoms with Crippen molar-refractivity contribution in [3.63, 3.8) is 0 Å². The van der Waals surface area contributed by atoms with Crippen LogP contribution in [0.4, 0.5) is 0 Å². The minimum absolute atomic E-state index is 0.207. The summed E-state index contributed by atoms with van der Waals surface area (Å²) in [6.45, 7) is 1.88. The highest BCUT2D eigenvalue weighted by molar-refractivity contribution is 9.09. The monoisotopic (exact) mass is 382 g/mol. The van der Waals surface area contributed by atoms with Gasteiger partial charge >= 0.3 is 5.97 Å². The summed E-state index contributed by atoms with van der Waals surface area (Å²) in [5.41, 5.74) is 1.35. The third-order valence-electron chi connectivity index (χ3n) is 2.97. The van der Waals surface area contributed by atoms with E-state index in [1.54, 1.807) is 54.6 Å². The van der Waals surface area contributed by atoms with E-state index in [0.29, 0.717) is 5.56 Å². The van der Waals surface area contributed by atoms with Crippen molar-refractivity contribution in [2.75, 3.05) is 5.75 Å². The lowest BCUT2D eigenvalue weighted by atomic mass is 10.2. The van der Waals surface area contributed by atoms with Gasteiger partial charge in [-0.05, 0) is 47.1 Å². The van der Waals surface area contributed by atoms with Gasteiger partial charge in [-0.1, -0.05) is 35.9 Å². The molecule has 1 atom stereocenters. The highest BCUT2D eigenvalue weighted by Gasteiger charge is 2.22. The SMILES string of the molecule is Cc1ccc(S(=O)(=O)CC(Br)OC(=O)c2ccccc2)cc1. The van der Waals surface area contributed by atoms with Crippen molar-refractivity contribution in [2.24, 2.45) is 0 Å². The van der Waals surface area contributed by atoms with E-state index in [0.717, 1.165) is 5.56 Å². The Bertz CT molecular complexity index is 739. The lowest BCUT2D eigenvalue weighted by Gasteiger charge is -2.12. The zero-order chi connectivity index (χ0) is 16.2. The molecular formula is C16H15BrO4S. The van der Waals surface area contributed by atoms with E-state index in [1.807, 2.05) is 6.92 Å². The molecule has 22 heavy (non-hydrogen) atoms. The highest BCUT2D eigenvalue weighted by Crippen LogP contribution is 2.17. The number of hydrogen-bond donors (Lipinski definition) is 0. The van der Waals surface area contributed by atoms with Crippen LogP contribution >= 0.6 is 15.9 Å². The molecule has 116 valence electrons. The number of sulfone groups is 1. The fourth-order valence-electron chi connectivity index (χ4n) is 1.81. The Kier molecular flexibility index (Phi) is 5.37. The maximum atomic E-state index is 12.3. The molecule has 2 aromatic carbocycles. The summed E-state index contributed by atoms with van der Waals surface area (Å²) in [5.74, 6) is -0.893. The largest absolute Gasteiger partial charge is 0.446 e. The Balaban J connectivity index is 2.03. The molecule has 0 aromatic heterocycles. The summed E-state index contributed by atoms with van der Waals surface area (Å²) in [6, 6.07) is 15.0. The first kappa shape index (κ1) is 16.7. The highest BCUT2D eigenvalue weighted by atomic mass is 79.9. The molecule has 0 bridgehead atoms. The second-order valence-electron chi connectivity index (χ2n) is 4.78. The quantitative estimate of drug-likeness (QED) is 0.587. The Hall–Kier alpha value is -1.66. The molecule has 0 aliphatic heterocycles. The first-order valence-electron chi connectivity index (χ1n) is 6.58. The van der Waals surface area contributed by atoms with Gasteiger partial charge in [-0.25, -0.2) is 13.2 Å². The average molecular weight is 383 g/mol. The van der Waals surface area contributed by atoms with Gasteiger partial charge in [0.2, 0.25) is 0 Å². The maximum absolute atomic E-state index is 12.3. The van der Waals surface area contributed by atoms with E-state index in [4.69, 9.17) is 4.74 Å². The average Bonchev–Trinajstić information content (AvgIpc) is 2.48. The van der Waals surface area contributed by atoms with Crippen molar-refractivity contribution in [3.05, 3.63) is 65.7 Å². The van der Waals surface area contributed by atoms with Crippen molar-refractivity contribution in [2.45, 2.75) is 16.8 Å². The van der Waals surface area contributed by atoms with Gasteiger partial charge in [0, 0.05) is 0 Å². The number of esters is 1. The third kappa shape index (κ3) is 4.42. The minimum Gasteiger partial charge on any atom is -0.446 e. The van der Waals surface area contributed by atoms with Crippen LogP contribution in [0.15, 0.2) is 59.5 Å². The lowest BCUT2D eigenvalue weighted by Crippen LogP contribution is -2.22. The fraction of sp³-hybridized carbons (Fsp3) is 0.188. The molecule has 4 nitrogen and oxygen atoms in total. The van der Waals surface area contributed by atoms with Crippen molar-refractivity contribution in [1.82, 2.24) is 0 Å². The first-order valence-corrected chi connectivity index (χ1v) is 9.15. The van der Waals surface area contributed by atoms with Crippen LogP contribution < -0.4 is 0 Å². The topological polar surface area (TPSA) is 60.4 Å². The molecule has 0 spiro atoms. The van der Waals surface area contributed by atoms with Gasteiger partial charge in [-0.2, -0.15) is 0 Å². The van der Waals surface area contributed by atoms with Crippen molar-refractivity contribution in [1.29, 1.82) is 0 Å². The van der Waals surface area contributed by atoms with E-state index in [9.17, 15) is 13.2 Å². The smallest absolute Gasteiger partial charge is 0.339 e. The van der Waals surface area contributed by atoms with Gasteiger partial charge in [0.25, 0.3) is 0 Å². The second kappa shape index (κ2) is 7.07. The summed E-state index contributed by atoms with van der Waals surface area (Å²) in [4.78, 5) is 12.1. The number of aryl methyl sites for hydroxylation is 1. The summed E-state index contributed by atoms with van der Waals surface area (Å²) in [6.07, 6.45) is 0. The number of halogens is 1. The zero-order valence-corrected chi connectivity index (χ0v) is 14.3. The Morgan fingerprint density at radius 1 is 1.09 bits per heavy atom. The molecule has 2 aromatic rings. The van der Waals surface area contributed by atoms with Crippen molar-refractivity contribution >= 4 is 31.7 Å². The van der Waals surface area contributed by atoms with E-state index >= 15 is 0 Å². The van der Waals surface area contributed by atoms with Crippen LogP contribution in [0.2, 0.25) is 0 Å². The van der Waals surface area contributed by atoms with Crippen LogP contribution in [-0.4, -0.2) is 25.2 Å². The molecule has 0 aliphatic rings. The first-order chi connectivity index (χ1) is 10.4. The third-order valence-corrected chi connectivity index (χ3v) is 5.65. The molecule has 6 heteroatoms. The number of benzene rings is 2. The van der Waals surface area contributed by atoms with E-state index in [-0.39, 0.29) is 10.6 Å². The molecule has 0 aliphatic carbocycles. The van der Waals surface area contributed by atoms with Gasteiger partial charge in [-0.3, -0.25) is 0 Å². The van der Waals surface area contributed by atoms with Crippen LogP contribution in [-0.2, 0) is 14.6 Å². The molecular weight excluding hydrogens is 368 g/mol. The second-order valence-corrected chi connectivity index (χ2v) is 7.83. The van der Waals surface area contributed by atoms with E-state index < -0.39 is 20.8 Å². The van der Waals surface area contributed by atoms with Gasteiger partial charge in [0.15, 0.2) is 14.9 Å². The minimum atomic E-state index is -3.53. The number of ether oxygens (including phenoxy) is 1. The molecule has 0 saturated heterocycles. The van der Waals surface area contributed by atoms with E-state index in [2.05, 4.69) is 15.9 Å². The standard InChI is InChI=1S/C16H15BrO4S/c1-12-7-9-14(10-8-12)22(19,20)11-15(17)21-16(18)13-5-3-2-4-6-13/h2-10,15H,11H2,1H3. The molecule has 0 saturated carbocycles. The van der Waals surface area contributed by atoms with E-state index in [1.165, 1.54) is 0 Å². The molecule has 0 fully saturated rings. The molecule has 2 rings (SSSR count). The van der Waals surface area contributed by atoms with Gasteiger partial charge in [0.05, 0.1) is 10.5 Å². The van der Waals surface area contributed by atoms with Crippen LogP contribution in [0.5, 0.6) is 0 Å². The summed E-state index contributed by atoms with van der Waals surface area (Å²) in [7, 11) is -3.53. The number of carbonyl (C=O) groups is 1. The molecule has 1 unspecified atom stereocenters. The number of carbonyl (C=O) groups excluding carboxylic acids is 1. The summed E-state index contributed by atoms with van der Waals surface area (Å²) >= 11 is 3.10. The van der Waals surface area contributed by atoms with Crippen LogP contribution in [0, 0.1) is 6.92 Å². The van der Waals surface area contributed by atoms with Crippen LogP contribution in [0.3, 0.4) is 0 Å². The van der Waals surface area contributed by atoms with Crippen molar-refractivity contribution in [3.8, 4) is 0 Å². The molecule has 0 N–H and O–H groups in total. The predicted molar refractivity (Wildman–Crippen MR) is 87.8 cm³/mol. The predicted octanol–water partition coefficient (Wildman–Crippen LogP) is 3.35. The Morgan fingerprint density at radius 2 is 1.68 bits per heavy atom.